The van der Waals surface area contributed by atoms with E-state index >= 15 is 0 Å². The molecule has 1 aromatic carbocycles. The fourth-order valence-corrected chi connectivity index (χ4v) is 4.09. The largest absolute Gasteiger partial charge is 0.396 e. The Morgan fingerprint density at radius 1 is 1.16 bits per heavy atom. The lowest BCUT2D eigenvalue weighted by Crippen LogP contribution is -2.41. The third-order valence-corrected chi connectivity index (χ3v) is 6.50. The van der Waals surface area contributed by atoms with E-state index < -0.39 is 16.9 Å². The standard InChI is InChI=1S/C28H35N5O4/c1-18-5-7-19(8-6-18)14-29-26(36)22-13-20-9-12-23(30-21-10-11-21)31-25(20)33(27(22)37)15-24(35)32(4)16-28(2,3)17-34/h5-9,12-13,21,34H,10-11,14-17H2,1-4H3,(H,29,36)(H,30,31). The maximum Gasteiger partial charge on any atom is 0.265 e. The molecule has 3 aromatic rings. The molecule has 0 spiro atoms. The van der Waals surface area contributed by atoms with E-state index in [1.807, 2.05) is 57.2 Å². The van der Waals surface area contributed by atoms with Crippen molar-refractivity contribution in [1.29, 1.82) is 0 Å². The Morgan fingerprint density at radius 3 is 2.51 bits per heavy atom. The highest BCUT2D eigenvalue weighted by molar-refractivity contribution is 5.97. The highest BCUT2D eigenvalue weighted by atomic mass is 16.3. The van der Waals surface area contributed by atoms with Gasteiger partial charge in [-0.3, -0.25) is 19.0 Å². The van der Waals surface area contributed by atoms with Crippen molar-refractivity contribution in [2.75, 3.05) is 25.5 Å². The predicted octanol–water partition coefficient (Wildman–Crippen LogP) is 2.69. The summed E-state index contributed by atoms with van der Waals surface area (Å²) in [4.78, 5) is 45.9. The normalized spacial score (nSPS) is 13.4. The SMILES string of the molecule is Cc1ccc(CNC(=O)c2cc3ccc(NC4CC4)nc3n(CC(=O)N(C)CC(C)(C)CO)c2=O)cc1. The molecule has 3 N–H and O–H groups in total. The molecule has 37 heavy (non-hydrogen) atoms. The zero-order valence-electron chi connectivity index (χ0n) is 21.9. The molecule has 1 fully saturated rings. The number of amides is 2. The summed E-state index contributed by atoms with van der Waals surface area (Å²) in [5.41, 5.74) is 1.26. The summed E-state index contributed by atoms with van der Waals surface area (Å²) in [5.74, 6) is -0.199. The summed E-state index contributed by atoms with van der Waals surface area (Å²) in [6.07, 6.45) is 2.13. The van der Waals surface area contributed by atoms with E-state index in [0.717, 1.165) is 24.0 Å². The van der Waals surface area contributed by atoms with Gasteiger partial charge in [-0.15, -0.1) is 0 Å². The second-order valence-corrected chi connectivity index (χ2v) is 10.7. The van der Waals surface area contributed by atoms with Gasteiger partial charge in [0.1, 0.15) is 23.6 Å². The first-order valence-electron chi connectivity index (χ1n) is 12.6. The highest BCUT2D eigenvalue weighted by Crippen LogP contribution is 2.25. The Morgan fingerprint density at radius 2 is 1.86 bits per heavy atom. The molecule has 2 amide bonds. The summed E-state index contributed by atoms with van der Waals surface area (Å²) in [5, 5.41) is 16.3. The number of nitrogens with zero attached hydrogens (tertiary/aromatic N) is 3. The van der Waals surface area contributed by atoms with Crippen molar-refractivity contribution in [2.24, 2.45) is 5.41 Å². The Balaban J connectivity index is 1.66. The van der Waals surface area contributed by atoms with Crippen LogP contribution in [0.1, 0.15) is 48.2 Å². The third-order valence-electron chi connectivity index (χ3n) is 6.50. The van der Waals surface area contributed by atoms with Crippen molar-refractivity contribution < 1.29 is 14.7 Å². The first-order chi connectivity index (χ1) is 17.6. The molecule has 9 heteroatoms. The molecule has 0 aliphatic heterocycles. The molecular weight excluding hydrogens is 470 g/mol. The zero-order valence-corrected chi connectivity index (χ0v) is 21.9. The first kappa shape index (κ1) is 26.3. The minimum atomic E-state index is -0.576. The van der Waals surface area contributed by atoms with Crippen LogP contribution in [-0.2, 0) is 17.9 Å². The monoisotopic (exact) mass is 505 g/mol. The van der Waals surface area contributed by atoms with Crippen LogP contribution in [-0.4, -0.2) is 57.6 Å². The van der Waals surface area contributed by atoms with Gasteiger partial charge in [-0.25, -0.2) is 4.98 Å². The minimum absolute atomic E-state index is 0.0459. The van der Waals surface area contributed by atoms with Crippen LogP contribution >= 0.6 is 0 Å². The molecule has 0 unspecified atom stereocenters. The molecule has 0 atom stereocenters. The fourth-order valence-electron chi connectivity index (χ4n) is 4.09. The summed E-state index contributed by atoms with van der Waals surface area (Å²) < 4.78 is 1.28. The quantitative estimate of drug-likeness (QED) is 0.390. The maximum atomic E-state index is 13.6. The molecule has 0 saturated heterocycles. The van der Waals surface area contributed by atoms with Crippen LogP contribution in [0.3, 0.4) is 0 Å². The van der Waals surface area contributed by atoms with Crippen molar-refractivity contribution in [3.05, 3.63) is 69.5 Å². The number of hydrogen-bond donors (Lipinski definition) is 3. The Labute approximate surface area is 216 Å². The lowest BCUT2D eigenvalue weighted by atomic mass is 9.94. The van der Waals surface area contributed by atoms with Gasteiger partial charge in [0, 0.05) is 43.6 Å². The molecule has 1 aliphatic carbocycles. The van der Waals surface area contributed by atoms with E-state index in [2.05, 4.69) is 15.6 Å². The topological polar surface area (TPSA) is 117 Å². The van der Waals surface area contributed by atoms with E-state index in [0.29, 0.717) is 29.4 Å². The average molecular weight is 506 g/mol. The molecule has 1 saturated carbocycles. The minimum Gasteiger partial charge on any atom is -0.396 e. The van der Waals surface area contributed by atoms with Gasteiger partial charge in [0.2, 0.25) is 5.91 Å². The number of likely N-dealkylation sites (N-methyl/N-ethyl adjacent to an activating group) is 1. The van der Waals surface area contributed by atoms with Crippen molar-refractivity contribution in [3.63, 3.8) is 0 Å². The second kappa shape index (κ2) is 10.7. The fraction of sp³-hybridized carbons (Fsp3) is 0.429. The third kappa shape index (κ3) is 6.54. The van der Waals surface area contributed by atoms with E-state index in [1.165, 1.54) is 15.5 Å². The number of benzene rings is 1. The van der Waals surface area contributed by atoms with Crippen LogP contribution in [0.25, 0.3) is 11.0 Å². The van der Waals surface area contributed by atoms with Crippen LogP contribution in [0.5, 0.6) is 0 Å². The number of pyridine rings is 2. The van der Waals surface area contributed by atoms with E-state index in [-0.39, 0.29) is 31.2 Å². The second-order valence-electron chi connectivity index (χ2n) is 10.7. The number of nitrogens with one attached hydrogen (secondary N) is 2. The van der Waals surface area contributed by atoms with E-state index in [1.54, 1.807) is 7.05 Å². The molecular formula is C28H35N5O4. The van der Waals surface area contributed by atoms with E-state index in [4.69, 9.17) is 0 Å². The molecule has 1 aliphatic rings. The van der Waals surface area contributed by atoms with Gasteiger partial charge in [-0.05, 0) is 43.5 Å². The van der Waals surface area contributed by atoms with Gasteiger partial charge in [0.25, 0.3) is 11.5 Å². The lowest BCUT2D eigenvalue weighted by molar-refractivity contribution is -0.132. The zero-order chi connectivity index (χ0) is 26.7. The van der Waals surface area contributed by atoms with Crippen LogP contribution in [0.4, 0.5) is 5.82 Å². The molecule has 9 nitrogen and oxygen atoms in total. The van der Waals surface area contributed by atoms with Crippen molar-refractivity contribution >= 4 is 28.7 Å². The van der Waals surface area contributed by atoms with Gasteiger partial charge in [0.15, 0.2) is 0 Å². The molecule has 196 valence electrons. The number of rotatable bonds is 10. The van der Waals surface area contributed by atoms with E-state index in [9.17, 15) is 19.5 Å². The first-order valence-corrected chi connectivity index (χ1v) is 12.6. The number of aliphatic hydroxyl groups is 1. The molecule has 4 rings (SSSR count). The number of aryl methyl sites for hydroxylation is 1. The number of aliphatic hydroxyl groups excluding tert-OH is 1. The van der Waals surface area contributed by atoms with Gasteiger partial charge >= 0.3 is 0 Å². The van der Waals surface area contributed by atoms with Gasteiger partial charge in [-0.1, -0.05) is 43.7 Å². The molecule has 2 heterocycles. The Hall–Kier alpha value is -3.72. The van der Waals surface area contributed by atoms with Gasteiger partial charge in [-0.2, -0.15) is 0 Å². The number of fused-ring (bicyclic) bond motifs is 1. The summed E-state index contributed by atoms with van der Waals surface area (Å²) >= 11 is 0. The predicted molar refractivity (Wildman–Crippen MR) is 144 cm³/mol. The number of aromatic nitrogens is 2. The molecule has 0 radical (unpaired) electrons. The summed E-state index contributed by atoms with van der Waals surface area (Å²) in [6, 6.07) is 13.3. The average Bonchev–Trinajstić information content (AvgIpc) is 3.68. The molecule has 0 bridgehead atoms. The van der Waals surface area contributed by atoms with Crippen molar-refractivity contribution in [1.82, 2.24) is 19.8 Å². The van der Waals surface area contributed by atoms with Crippen molar-refractivity contribution in [2.45, 2.75) is 52.7 Å². The van der Waals surface area contributed by atoms with Gasteiger partial charge < -0.3 is 20.6 Å². The smallest absolute Gasteiger partial charge is 0.265 e. The summed E-state index contributed by atoms with van der Waals surface area (Å²) in [6.45, 7) is 5.94. The summed E-state index contributed by atoms with van der Waals surface area (Å²) in [7, 11) is 1.64. The lowest BCUT2D eigenvalue weighted by Gasteiger charge is -2.28. The highest BCUT2D eigenvalue weighted by Gasteiger charge is 2.25. The Kier molecular flexibility index (Phi) is 7.63. The number of carbonyl (C=O) groups is 2. The van der Waals surface area contributed by atoms with Crippen LogP contribution in [0.15, 0.2) is 47.3 Å². The Bertz CT molecular complexity index is 1360. The van der Waals surface area contributed by atoms with Crippen molar-refractivity contribution in [3.8, 4) is 0 Å². The number of hydrogen-bond acceptors (Lipinski definition) is 6. The van der Waals surface area contributed by atoms with Crippen LogP contribution < -0.4 is 16.2 Å². The van der Waals surface area contributed by atoms with Crippen LogP contribution in [0, 0.1) is 12.3 Å². The number of anilines is 1. The maximum absolute atomic E-state index is 13.6. The molecule has 2 aromatic heterocycles. The van der Waals surface area contributed by atoms with Gasteiger partial charge in [0.05, 0.1) is 0 Å². The van der Waals surface area contributed by atoms with Crippen LogP contribution in [0.2, 0.25) is 0 Å². The number of carbonyl (C=O) groups excluding carboxylic acids is 2.